The van der Waals surface area contributed by atoms with E-state index in [-0.39, 0.29) is 11.9 Å². The molecule has 0 radical (unpaired) electrons. The van der Waals surface area contributed by atoms with Crippen molar-refractivity contribution in [1.82, 2.24) is 20.5 Å². The van der Waals surface area contributed by atoms with E-state index < -0.39 is 0 Å². The Kier molecular flexibility index (Phi) is 7.87. The highest BCUT2D eigenvalue weighted by Gasteiger charge is 2.09. The second-order valence-electron chi connectivity index (χ2n) is 5.42. The molecule has 1 heterocycles. The van der Waals surface area contributed by atoms with Gasteiger partial charge in [-0.1, -0.05) is 0 Å². The molecular weight excluding hydrogens is 298 g/mol. The molecule has 0 bridgehead atoms. The highest BCUT2D eigenvalue weighted by molar-refractivity contribution is 7.09. The zero-order valence-electron chi connectivity index (χ0n) is 14.1. The minimum atomic E-state index is 0.0346. The molecule has 0 aliphatic carbocycles. The minimum absolute atomic E-state index is 0.0346. The quantitative estimate of drug-likeness (QED) is 0.592. The average Bonchev–Trinajstić information content (AvgIpc) is 2.82. The van der Waals surface area contributed by atoms with Crippen LogP contribution in [0.5, 0.6) is 0 Å². The summed E-state index contributed by atoms with van der Waals surface area (Å²) in [4.78, 5) is 22.6. The molecule has 1 rings (SSSR count). The van der Waals surface area contributed by atoms with Gasteiger partial charge in [0.25, 0.3) is 0 Å². The molecule has 0 aliphatic rings. The summed E-state index contributed by atoms with van der Waals surface area (Å²) in [5.74, 6) is 0.831. The van der Waals surface area contributed by atoms with Gasteiger partial charge in [-0.2, -0.15) is 0 Å². The fraction of sp³-hybridized carbons (Fsp3) is 0.667. The molecule has 2 N–H and O–H groups in total. The van der Waals surface area contributed by atoms with E-state index in [0.717, 1.165) is 23.2 Å². The van der Waals surface area contributed by atoms with Crippen molar-refractivity contribution in [3.05, 3.63) is 16.1 Å². The summed E-state index contributed by atoms with van der Waals surface area (Å²) in [7, 11) is 1.98. The van der Waals surface area contributed by atoms with Crippen molar-refractivity contribution in [1.29, 1.82) is 0 Å². The van der Waals surface area contributed by atoms with Crippen molar-refractivity contribution in [3.63, 3.8) is 0 Å². The average molecular weight is 325 g/mol. The Labute approximate surface area is 137 Å². The first-order chi connectivity index (χ1) is 10.4. The molecule has 0 aliphatic heterocycles. The van der Waals surface area contributed by atoms with Gasteiger partial charge in [-0.05, 0) is 27.7 Å². The van der Waals surface area contributed by atoms with Crippen LogP contribution in [-0.2, 0) is 11.3 Å². The molecule has 0 saturated carbocycles. The molecule has 124 valence electrons. The fourth-order valence-electron chi connectivity index (χ4n) is 1.93. The van der Waals surface area contributed by atoms with Crippen LogP contribution in [0.15, 0.2) is 10.4 Å². The van der Waals surface area contributed by atoms with E-state index >= 15 is 0 Å². The van der Waals surface area contributed by atoms with Crippen molar-refractivity contribution in [3.8, 4) is 0 Å². The molecule has 6 nitrogen and oxygen atoms in total. The monoisotopic (exact) mass is 325 g/mol. The number of aliphatic imine (C=N–C) groups is 1. The molecule has 0 atom stereocenters. The molecule has 0 aromatic carbocycles. The van der Waals surface area contributed by atoms with Crippen LogP contribution in [0.2, 0.25) is 0 Å². The minimum Gasteiger partial charge on any atom is -0.357 e. The first-order valence-corrected chi connectivity index (χ1v) is 8.50. The third kappa shape index (κ3) is 6.89. The SMILES string of the molecule is CCNC(=NCCC(=O)NC(C)C)N(C)Cc1csc(C)n1. The number of rotatable bonds is 7. The number of amides is 1. The summed E-state index contributed by atoms with van der Waals surface area (Å²) in [6.45, 7) is 9.90. The molecule has 1 amide bonds. The number of carbonyl (C=O) groups is 1. The van der Waals surface area contributed by atoms with E-state index in [4.69, 9.17) is 0 Å². The number of aryl methyl sites for hydroxylation is 1. The van der Waals surface area contributed by atoms with Gasteiger partial charge >= 0.3 is 0 Å². The van der Waals surface area contributed by atoms with Crippen LogP contribution >= 0.6 is 11.3 Å². The van der Waals surface area contributed by atoms with Crippen LogP contribution in [0.3, 0.4) is 0 Å². The Balaban J connectivity index is 2.55. The maximum absolute atomic E-state index is 11.6. The summed E-state index contributed by atoms with van der Waals surface area (Å²) in [5, 5.41) is 9.24. The molecule has 0 saturated heterocycles. The zero-order valence-corrected chi connectivity index (χ0v) is 15.0. The molecule has 1 aromatic heterocycles. The largest absolute Gasteiger partial charge is 0.357 e. The molecular formula is C15H27N5OS. The number of aromatic nitrogens is 1. The van der Waals surface area contributed by atoms with E-state index in [2.05, 4.69) is 26.0 Å². The number of carbonyl (C=O) groups excluding carboxylic acids is 1. The summed E-state index contributed by atoms with van der Waals surface area (Å²) < 4.78 is 0. The van der Waals surface area contributed by atoms with Crippen molar-refractivity contribution in [2.45, 2.75) is 46.7 Å². The van der Waals surface area contributed by atoms with Gasteiger partial charge in [0.05, 0.1) is 23.8 Å². The number of nitrogens with zero attached hydrogens (tertiary/aromatic N) is 3. The van der Waals surface area contributed by atoms with Gasteiger partial charge in [-0.25, -0.2) is 4.98 Å². The third-order valence-electron chi connectivity index (χ3n) is 2.81. The van der Waals surface area contributed by atoms with Crippen molar-refractivity contribution >= 4 is 23.2 Å². The Morgan fingerprint density at radius 2 is 2.23 bits per heavy atom. The molecule has 0 spiro atoms. The van der Waals surface area contributed by atoms with Crippen molar-refractivity contribution in [2.75, 3.05) is 20.1 Å². The maximum Gasteiger partial charge on any atom is 0.222 e. The van der Waals surface area contributed by atoms with Gasteiger partial charge in [0.2, 0.25) is 5.91 Å². The van der Waals surface area contributed by atoms with Crippen LogP contribution in [0.1, 0.15) is 37.9 Å². The summed E-state index contributed by atoms with van der Waals surface area (Å²) in [6, 6.07) is 0.167. The number of thiazole rings is 1. The smallest absolute Gasteiger partial charge is 0.222 e. The number of nitrogens with one attached hydrogen (secondary N) is 2. The van der Waals surface area contributed by atoms with Gasteiger partial charge in [0.1, 0.15) is 0 Å². The molecule has 22 heavy (non-hydrogen) atoms. The molecule has 0 unspecified atom stereocenters. The van der Waals surface area contributed by atoms with E-state index in [9.17, 15) is 4.79 Å². The van der Waals surface area contributed by atoms with Crippen LogP contribution < -0.4 is 10.6 Å². The Morgan fingerprint density at radius 1 is 1.50 bits per heavy atom. The number of hydrogen-bond donors (Lipinski definition) is 2. The van der Waals surface area contributed by atoms with Crippen LogP contribution in [-0.4, -0.2) is 47.9 Å². The van der Waals surface area contributed by atoms with Gasteiger partial charge in [-0.15, -0.1) is 11.3 Å². The summed E-state index contributed by atoms with van der Waals surface area (Å²) in [6.07, 6.45) is 0.400. The highest BCUT2D eigenvalue weighted by Crippen LogP contribution is 2.09. The Morgan fingerprint density at radius 3 is 2.77 bits per heavy atom. The predicted molar refractivity (Wildman–Crippen MR) is 92.2 cm³/mol. The second-order valence-corrected chi connectivity index (χ2v) is 6.48. The molecule has 7 heteroatoms. The summed E-state index contributed by atoms with van der Waals surface area (Å²) >= 11 is 1.65. The topological polar surface area (TPSA) is 69.6 Å². The lowest BCUT2D eigenvalue weighted by Crippen LogP contribution is -2.39. The fourth-order valence-corrected chi connectivity index (χ4v) is 2.53. The standard InChI is InChI=1S/C15H27N5OS/c1-6-16-15(17-8-7-14(21)18-11(2)3)20(5)9-13-10-22-12(4)19-13/h10-11H,6-9H2,1-5H3,(H,16,17)(H,18,21). The summed E-state index contributed by atoms with van der Waals surface area (Å²) in [5.41, 5.74) is 1.04. The predicted octanol–water partition coefficient (Wildman–Crippen LogP) is 1.76. The van der Waals surface area contributed by atoms with Gasteiger partial charge in [-0.3, -0.25) is 9.79 Å². The number of hydrogen-bond acceptors (Lipinski definition) is 4. The van der Waals surface area contributed by atoms with E-state index in [1.54, 1.807) is 11.3 Å². The van der Waals surface area contributed by atoms with Crippen LogP contribution in [0.25, 0.3) is 0 Å². The normalized spacial score (nSPS) is 11.6. The number of guanidine groups is 1. The zero-order chi connectivity index (χ0) is 16.5. The molecule has 1 aromatic rings. The van der Waals surface area contributed by atoms with E-state index in [1.165, 1.54) is 0 Å². The van der Waals surface area contributed by atoms with Crippen molar-refractivity contribution in [2.24, 2.45) is 4.99 Å². The van der Waals surface area contributed by atoms with E-state index in [1.807, 2.05) is 39.6 Å². The molecule has 0 fully saturated rings. The maximum atomic E-state index is 11.6. The lowest BCUT2D eigenvalue weighted by atomic mass is 10.3. The van der Waals surface area contributed by atoms with Crippen LogP contribution in [0.4, 0.5) is 0 Å². The first kappa shape index (κ1) is 18.4. The third-order valence-corrected chi connectivity index (χ3v) is 3.63. The first-order valence-electron chi connectivity index (χ1n) is 7.62. The van der Waals surface area contributed by atoms with E-state index in [0.29, 0.717) is 19.5 Å². The van der Waals surface area contributed by atoms with Crippen LogP contribution in [0, 0.1) is 6.92 Å². The second kappa shape index (κ2) is 9.40. The lowest BCUT2D eigenvalue weighted by Gasteiger charge is -2.21. The van der Waals surface area contributed by atoms with Gasteiger partial charge in [0, 0.05) is 31.4 Å². The van der Waals surface area contributed by atoms with Crippen molar-refractivity contribution < 1.29 is 4.79 Å². The van der Waals surface area contributed by atoms with Gasteiger partial charge in [0.15, 0.2) is 5.96 Å². The Hall–Kier alpha value is -1.63. The lowest BCUT2D eigenvalue weighted by molar-refractivity contribution is -0.121. The Bertz CT molecular complexity index is 498. The van der Waals surface area contributed by atoms with Gasteiger partial charge < -0.3 is 15.5 Å². The highest BCUT2D eigenvalue weighted by atomic mass is 32.1.